The van der Waals surface area contributed by atoms with E-state index in [-0.39, 0.29) is 6.04 Å². The Kier molecular flexibility index (Phi) is 5.92. The number of piperidine rings is 1. The standard InChI is InChI=1S/C17H25N3O2/c1-13(2)8-9-15-7-3-4-11-20(15)17(22)16(21)19-14-6-5-10-18-12-14/h5-6,10,12-13,15H,3-4,7-9,11H2,1-2H3,(H,19,21)/t15-/m1/s1. The Morgan fingerprint density at radius 1 is 1.41 bits per heavy atom. The topological polar surface area (TPSA) is 62.3 Å². The highest BCUT2D eigenvalue weighted by atomic mass is 16.2. The van der Waals surface area contributed by atoms with E-state index in [1.807, 2.05) is 0 Å². The molecule has 0 unspecified atom stereocenters. The monoisotopic (exact) mass is 303 g/mol. The number of nitrogens with zero attached hydrogens (tertiary/aromatic N) is 2. The molecule has 1 N–H and O–H groups in total. The summed E-state index contributed by atoms with van der Waals surface area (Å²) in [6.07, 6.45) is 8.34. The zero-order chi connectivity index (χ0) is 15.9. The van der Waals surface area contributed by atoms with Crippen LogP contribution in [-0.4, -0.2) is 34.3 Å². The number of anilines is 1. The van der Waals surface area contributed by atoms with Crippen LogP contribution in [0.3, 0.4) is 0 Å². The van der Waals surface area contributed by atoms with Crippen LogP contribution in [0.1, 0.15) is 46.0 Å². The predicted molar refractivity (Wildman–Crippen MR) is 86.3 cm³/mol. The second-order valence-electron chi connectivity index (χ2n) is 6.32. The van der Waals surface area contributed by atoms with Gasteiger partial charge in [0.2, 0.25) is 0 Å². The molecule has 1 aliphatic rings. The van der Waals surface area contributed by atoms with Gasteiger partial charge in [0, 0.05) is 18.8 Å². The third-order valence-electron chi connectivity index (χ3n) is 4.08. The van der Waals surface area contributed by atoms with Gasteiger partial charge in [0.25, 0.3) is 0 Å². The van der Waals surface area contributed by atoms with Crippen LogP contribution in [0.2, 0.25) is 0 Å². The maximum atomic E-state index is 12.5. The number of likely N-dealkylation sites (tertiary alicyclic amines) is 1. The number of hydrogen-bond acceptors (Lipinski definition) is 3. The molecular formula is C17H25N3O2. The van der Waals surface area contributed by atoms with Gasteiger partial charge in [0.15, 0.2) is 0 Å². The average Bonchev–Trinajstić information content (AvgIpc) is 2.53. The molecule has 0 aliphatic carbocycles. The lowest BCUT2D eigenvalue weighted by Crippen LogP contribution is -2.48. The van der Waals surface area contributed by atoms with Crippen molar-refractivity contribution < 1.29 is 9.59 Å². The van der Waals surface area contributed by atoms with Crippen molar-refractivity contribution in [2.75, 3.05) is 11.9 Å². The zero-order valence-electron chi connectivity index (χ0n) is 13.4. The van der Waals surface area contributed by atoms with Gasteiger partial charge >= 0.3 is 11.8 Å². The molecule has 1 saturated heterocycles. The van der Waals surface area contributed by atoms with E-state index in [2.05, 4.69) is 24.1 Å². The van der Waals surface area contributed by atoms with Crippen LogP contribution in [0, 0.1) is 5.92 Å². The number of aromatic nitrogens is 1. The van der Waals surface area contributed by atoms with E-state index in [1.165, 1.54) is 6.20 Å². The third-order valence-corrected chi connectivity index (χ3v) is 4.08. The van der Waals surface area contributed by atoms with Crippen molar-refractivity contribution in [1.29, 1.82) is 0 Å². The fraction of sp³-hybridized carbons (Fsp3) is 0.588. The Hall–Kier alpha value is -1.91. The molecule has 2 rings (SSSR count). The first kappa shape index (κ1) is 16.5. The summed E-state index contributed by atoms with van der Waals surface area (Å²) in [7, 11) is 0. The molecular weight excluding hydrogens is 278 g/mol. The van der Waals surface area contributed by atoms with E-state index in [1.54, 1.807) is 23.2 Å². The van der Waals surface area contributed by atoms with Gasteiger partial charge < -0.3 is 10.2 Å². The zero-order valence-corrected chi connectivity index (χ0v) is 13.4. The normalized spacial score (nSPS) is 18.3. The molecule has 0 radical (unpaired) electrons. The smallest absolute Gasteiger partial charge is 0.313 e. The summed E-state index contributed by atoms with van der Waals surface area (Å²) in [6, 6.07) is 3.65. The summed E-state index contributed by atoms with van der Waals surface area (Å²) in [5, 5.41) is 2.63. The van der Waals surface area contributed by atoms with Gasteiger partial charge in [-0.2, -0.15) is 0 Å². The summed E-state index contributed by atoms with van der Waals surface area (Å²) in [5.74, 6) is -0.371. The van der Waals surface area contributed by atoms with Crippen molar-refractivity contribution in [3.63, 3.8) is 0 Å². The fourth-order valence-corrected chi connectivity index (χ4v) is 2.85. The molecule has 1 aliphatic heterocycles. The van der Waals surface area contributed by atoms with Crippen molar-refractivity contribution in [2.24, 2.45) is 5.92 Å². The Balaban J connectivity index is 1.97. The molecule has 1 aromatic rings. The van der Waals surface area contributed by atoms with Gasteiger partial charge in [0.05, 0.1) is 11.9 Å². The van der Waals surface area contributed by atoms with E-state index >= 15 is 0 Å². The first-order valence-electron chi connectivity index (χ1n) is 8.10. The van der Waals surface area contributed by atoms with Gasteiger partial charge in [-0.3, -0.25) is 14.6 Å². The number of nitrogens with one attached hydrogen (secondary N) is 1. The van der Waals surface area contributed by atoms with Gasteiger partial charge in [-0.15, -0.1) is 0 Å². The van der Waals surface area contributed by atoms with Crippen molar-refractivity contribution in [2.45, 2.75) is 52.0 Å². The first-order valence-corrected chi connectivity index (χ1v) is 8.10. The van der Waals surface area contributed by atoms with E-state index in [4.69, 9.17) is 0 Å². The average molecular weight is 303 g/mol. The number of pyridine rings is 1. The van der Waals surface area contributed by atoms with E-state index < -0.39 is 11.8 Å². The Morgan fingerprint density at radius 3 is 2.91 bits per heavy atom. The molecule has 2 amide bonds. The van der Waals surface area contributed by atoms with Crippen LogP contribution in [-0.2, 0) is 9.59 Å². The van der Waals surface area contributed by atoms with E-state index in [9.17, 15) is 9.59 Å². The highest BCUT2D eigenvalue weighted by molar-refractivity contribution is 6.39. The van der Waals surface area contributed by atoms with E-state index in [0.717, 1.165) is 32.1 Å². The van der Waals surface area contributed by atoms with Gasteiger partial charge in [0.1, 0.15) is 0 Å². The number of hydrogen-bond donors (Lipinski definition) is 1. The van der Waals surface area contributed by atoms with E-state index in [0.29, 0.717) is 18.2 Å². The predicted octanol–water partition coefficient (Wildman–Crippen LogP) is 2.84. The number of carbonyl (C=O) groups excluding carboxylic acids is 2. The molecule has 120 valence electrons. The third kappa shape index (κ3) is 4.55. The first-order chi connectivity index (χ1) is 10.6. The summed E-state index contributed by atoms with van der Waals surface area (Å²) in [6.45, 7) is 5.05. The minimum atomic E-state index is -0.565. The SMILES string of the molecule is CC(C)CC[C@H]1CCCCN1C(=O)C(=O)Nc1cccnc1. The Morgan fingerprint density at radius 2 is 2.23 bits per heavy atom. The maximum absolute atomic E-state index is 12.5. The Labute approximate surface area is 132 Å². The van der Waals surface area contributed by atoms with Crippen LogP contribution >= 0.6 is 0 Å². The summed E-state index contributed by atoms with van der Waals surface area (Å²) >= 11 is 0. The van der Waals surface area contributed by atoms with Gasteiger partial charge in [-0.1, -0.05) is 13.8 Å². The van der Waals surface area contributed by atoms with Crippen molar-refractivity contribution >= 4 is 17.5 Å². The molecule has 1 aromatic heterocycles. The van der Waals surface area contributed by atoms with Gasteiger partial charge in [-0.05, 0) is 50.2 Å². The van der Waals surface area contributed by atoms with Crippen LogP contribution in [0.15, 0.2) is 24.5 Å². The molecule has 0 aromatic carbocycles. The summed E-state index contributed by atoms with van der Waals surface area (Å²) in [5.41, 5.74) is 0.552. The largest absolute Gasteiger partial charge is 0.331 e. The molecule has 5 nitrogen and oxygen atoms in total. The van der Waals surface area contributed by atoms with Crippen molar-refractivity contribution in [1.82, 2.24) is 9.88 Å². The molecule has 2 heterocycles. The minimum absolute atomic E-state index is 0.197. The van der Waals surface area contributed by atoms with Crippen molar-refractivity contribution in [3.8, 4) is 0 Å². The maximum Gasteiger partial charge on any atom is 0.313 e. The number of amides is 2. The molecule has 1 fully saturated rings. The number of rotatable bonds is 4. The lowest BCUT2D eigenvalue weighted by molar-refractivity contribution is -0.145. The lowest BCUT2D eigenvalue weighted by Gasteiger charge is -2.35. The second-order valence-corrected chi connectivity index (χ2v) is 6.32. The Bertz CT molecular complexity index is 502. The highest BCUT2D eigenvalue weighted by Gasteiger charge is 2.30. The van der Waals surface area contributed by atoms with Crippen LogP contribution < -0.4 is 5.32 Å². The molecule has 22 heavy (non-hydrogen) atoms. The quantitative estimate of drug-likeness (QED) is 0.870. The van der Waals surface area contributed by atoms with Crippen LogP contribution in [0.25, 0.3) is 0 Å². The summed E-state index contributed by atoms with van der Waals surface area (Å²) in [4.78, 5) is 30.3. The molecule has 0 spiro atoms. The molecule has 5 heteroatoms. The number of carbonyl (C=O) groups is 2. The van der Waals surface area contributed by atoms with Crippen molar-refractivity contribution in [3.05, 3.63) is 24.5 Å². The van der Waals surface area contributed by atoms with Gasteiger partial charge in [-0.25, -0.2) is 0 Å². The second kappa shape index (κ2) is 7.92. The van der Waals surface area contributed by atoms with Crippen LogP contribution in [0.5, 0.6) is 0 Å². The lowest BCUT2D eigenvalue weighted by atomic mass is 9.94. The summed E-state index contributed by atoms with van der Waals surface area (Å²) < 4.78 is 0. The molecule has 0 bridgehead atoms. The molecule has 1 atom stereocenters. The highest BCUT2D eigenvalue weighted by Crippen LogP contribution is 2.23. The fourth-order valence-electron chi connectivity index (χ4n) is 2.85. The molecule has 0 saturated carbocycles. The van der Waals surface area contributed by atoms with Crippen LogP contribution in [0.4, 0.5) is 5.69 Å². The minimum Gasteiger partial charge on any atom is -0.331 e.